The lowest BCUT2D eigenvalue weighted by Gasteiger charge is -2.36. The molecule has 1 heterocycles. The summed E-state index contributed by atoms with van der Waals surface area (Å²) in [5.41, 5.74) is 1.20. The third-order valence-corrected chi connectivity index (χ3v) is 6.11. The minimum Gasteiger partial charge on any atom is -0.481 e. The number of hydrogen-bond donors (Lipinski definition) is 4. The fourth-order valence-electron chi connectivity index (χ4n) is 3.20. The molecule has 25 heavy (non-hydrogen) atoms. The van der Waals surface area contributed by atoms with Gasteiger partial charge in [-0.25, -0.2) is 5.09 Å². The van der Waals surface area contributed by atoms with Gasteiger partial charge in [0.2, 0.25) is 0 Å². The number of carboxylic acids is 1. The van der Waals surface area contributed by atoms with Gasteiger partial charge in [-0.05, 0) is 24.1 Å². The Morgan fingerprint density at radius 1 is 1.24 bits per heavy atom. The maximum Gasteiger partial charge on any atom is 0.310 e. The first-order valence-corrected chi connectivity index (χ1v) is 9.90. The van der Waals surface area contributed by atoms with Crippen LogP contribution in [0.4, 0.5) is 5.69 Å². The molecule has 7 heteroatoms. The third kappa shape index (κ3) is 3.76. The molecular formula is C18H21N2O4P. The van der Waals surface area contributed by atoms with Crippen molar-refractivity contribution in [3.05, 3.63) is 65.7 Å². The van der Waals surface area contributed by atoms with E-state index >= 15 is 0 Å². The summed E-state index contributed by atoms with van der Waals surface area (Å²) in [7, 11) is -3.83. The van der Waals surface area contributed by atoms with Crippen LogP contribution in [0, 0.1) is 5.92 Å². The predicted octanol–water partition coefficient (Wildman–Crippen LogP) is 3.05. The van der Waals surface area contributed by atoms with Gasteiger partial charge in [0.25, 0.3) is 7.52 Å². The lowest BCUT2D eigenvalue weighted by molar-refractivity contribution is -0.143. The normalized spacial score (nSPS) is 22.5. The molecule has 0 amide bonds. The van der Waals surface area contributed by atoms with E-state index in [-0.39, 0.29) is 6.16 Å². The van der Waals surface area contributed by atoms with E-state index in [4.69, 9.17) is 0 Å². The largest absolute Gasteiger partial charge is 0.481 e. The Labute approximate surface area is 146 Å². The Hall–Kier alpha value is -2.14. The predicted molar refractivity (Wildman–Crippen MR) is 96.4 cm³/mol. The molecule has 3 unspecified atom stereocenters. The first kappa shape index (κ1) is 17.7. The summed E-state index contributed by atoms with van der Waals surface area (Å²) in [4.78, 5) is 22.2. The van der Waals surface area contributed by atoms with Gasteiger partial charge < -0.3 is 15.3 Å². The van der Waals surface area contributed by atoms with Crippen LogP contribution < -0.4 is 10.4 Å². The summed E-state index contributed by atoms with van der Waals surface area (Å²) < 4.78 is 12.8. The van der Waals surface area contributed by atoms with Gasteiger partial charge >= 0.3 is 5.97 Å². The van der Waals surface area contributed by atoms with Crippen molar-refractivity contribution in [2.45, 2.75) is 25.2 Å². The quantitative estimate of drug-likeness (QED) is 0.591. The molecule has 2 aromatic rings. The Balaban J connectivity index is 1.89. The van der Waals surface area contributed by atoms with Crippen LogP contribution in [0.5, 0.6) is 0 Å². The fourth-order valence-corrected chi connectivity index (χ4v) is 4.94. The molecule has 1 aliphatic heterocycles. The second kappa shape index (κ2) is 6.64. The van der Waals surface area contributed by atoms with Crippen molar-refractivity contribution in [1.82, 2.24) is 5.09 Å². The fraction of sp³-hybridized carbons (Fsp3) is 0.278. The van der Waals surface area contributed by atoms with E-state index in [1.807, 2.05) is 30.3 Å². The average molecular weight is 360 g/mol. The average Bonchev–Trinajstić information content (AvgIpc) is 2.92. The van der Waals surface area contributed by atoms with E-state index in [9.17, 15) is 19.4 Å². The van der Waals surface area contributed by atoms with Gasteiger partial charge in [0.1, 0.15) is 5.66 Å². The zero-order chi connectivity index (χ0) is 18.1. The summed E-state index contributed by atoms with van der Waals surface area (Å²) >= 11 is 0. The Morgan fingerprint density at radius 3 is 2.52 bits per heavy atom. The molecule has 4 N–H and O–H groups in total. The molecule has 1 aliphatic rings. The Bertz CT molecular complexity index is 800. The molecular weight excluding hydrogens is 339 g/mol. The summed E-state index contributed by atoms with van der Waals surface area (Å²) in [6, 6.07) is 16.4. The number of para-hydroxylation sites is 1. The Kier molecular flexibility index (Phi) is 4.69. The molecule has 0 saturated heterocycles. The van der Waals surface area contributed by atoms with Crippen molar-refractivity contribution in [3.63, 3.8) is 0 Å². The smallest absolute Gasteiger partial charge is 0.310 e. The molecule has 0 aliphatic carbocycles. The van der Waals surface area contributed by atoms with Crippen LogP contribution in [0.15, 0.2) is 54.6 Å². The number of hydrogen-bond acceptors (Lipinski definition) is 3. The number of nitrogens with one attached hydrogen (secondary N) is 2. The highest BCUT2D eigenvalue weighted by Crippen LogP contribution is 2.47. The number of aliphatic carboxylic acids is 1. The molecule has 132 valence electrons. The topological polar surface area (TPSA) is 98.7 Å². The highest BCUT2D eigenvalue weighted by Gasteiger charge is 2.48. The first-order chi connectivity index (χ1) is 11.8. The first-order valence-electron chi connectivity index (χ1n) is 8.05. The van der Waals surface area contributed by atoms with Gasteiger partial charge in [0, 0.05) is 12.1 Å². The van der Waals surface area contributed by atoms with Gasteiger partial charge in [-0.15, -0.1) is 0 Å². The van der Waals surface area contributed by atoms with Crippen LogP contribution in [0.25, 0.3) is 0 Å². The van der Waals surface area contributed by atoms with E-state index in [2.05, 4.69) is 10.4 Å². The number of fused-ring (bicyclic) bond motifs is 1. The number of benzene rings is 2. The number of carboxylic acid groups (broad SMARTS) is 1. The van der Waals surface area contributed by atoms with Gasteiger partial charge in [-0.1, -0.05) is 48.5 Å². The lowest BCUT2D eigenvalue weighted by atomic mass is 9.92. The van der Waals surface area contributed by atoms with E-state index in [0.29, 0.717) is 6.42 Å². The molecule has 0 aromatic heterocycles. The zero-order valence-electron chi connectivity index (χ0n) is 13.8. The van der Waals surface area contributed by atoms with E-state index in [0.717, 1.165) is 16.8 Å². The summed E-state index contributed by atoms with van der Waals surface area (Å²) in [6.07, 6.45) is 0.246. The van der Waals surface area contributed by atoms with Crippen molar-refractivity contribution >= 4 is 19.2 Å². The zero-order valence-corrected chi connectivity index (χ0v) is 14.7. The van der Waals surface area contributed by atoms with Crippen LogP contribution in [0.1, 0.15) is 18.1 Å². The number of anilines is 1. The van der Waals surface area contributed by atoms with Crippen molar-refractivity contribution in [2.75, 3.05) is 5.32 Å². The maximum atomic E-state index is 12.8. The van der Waals surface area contributed by atoms with E-state index in [1.54, 1.807) is 24.3 Å². The van der Waals surface area contributed by atoms with Crippen LogP contribution >= 0.6 is 7.52 Å². The molecule has 0 fully saturated rings. The van der Waals surface area contributed by atoms with Crippen molar-refractivity contribution < 1.29 is 19.4 Å². The molecule has 6 nitrogen and oxygen atoms in total. The summed E-state index contributed by atoms with van der Waals surface area (Å²) in [6.45, 7) is 1.54. The molecule has 3 rings (SSSR count). The maximum absolute atomic E-state index is 12.8. The van der Waals surface area contributed by atoms with Crippen LogP contribution in [-0.2, 0) is 21.9 Å². The van der Waals surface area contributed by atoms with Gasteiger partial charge in [-0.3, -0.25) is 9.36 Å². The minimum atomic E-state index is -3.83. The third-order valence-electron chi connectivity index (χ3n) is 4.57. The highest BCUT2D eigenvalue weighted by atomic mass is 31.2. The van der Waals surface area contributed by atoms with E-state index < -0.39 is 25.1 Å². The number of carbonyl (C=O) groups is 1. The molecule has 3 atom stereocenters. The molecule has 0 radical (unpaired) electrons. The standard InChI is InChI=1S/C18H21N2O4P/c1-13(17(21)22)18(11-15-9-5-6-10-16(15)19-18)20-25(23,24)12-14-7-3-2-4-8-14/h2-10,13,19H,11-12H2,1H3,(H,21,22)(H2,20,23,24). The van der Waals surface area contributed by atoms with Crippen LogP contribution in [-0.4, -0.2) is 21.6 Å². The Morgan fingerprint density at radius 2 is 1.88 bits per heavy atom. The monoisotopic (exact) mass is 360 g/mol. The van der Waals surface area contributed by atoms with Crippen molar-refractivity contribution in [3.8, 4) is 0 Å². The molecule has 2 aromatic carbocycles. The van der Waals surface area contributed by atoms with Crippen LogP contribution in [0.3, 0.4) is 0 Å². The van der Waals surface area contributed by atoms with Crippen molar-refractivity contribution in [2.24, 2.45) is 5.92 Å². The lowest BCUT2D eigenvalue weighted by Crippen LogP contribution is -2.56. The van der Waals surface area contributed by atoms with Gasteiger partial charge in [0.15, 0.2) is 0 Å². The number of rotatable bonds is 6. The summed E-state index contributed by atoms with van der Waals surface area (Å²) in [5.74, 6) is -1.94. The second-order valence-electron chi connectivity index (χ2n) is 6.45. The summed E-state index contributed by atoms with van der Waals surface area (Å²) in [5, 5.41) is 15.4. The molecule has 0 spiro atoms. The molecule has 0 saturated carbocycles. The van der Waals surface area contributed by atoms with E-state index in [1.165, 1.54) is 6.92 Å². The SMILES string of the molecule is CC(C(=O)O)C1(NP(=O)(O)Cc2ccccc2)Cc2ccccc2N1. The van der Waals surface area contributed by atoms with Gasteiger partial charge in [0.05, 0.1) is 12.1 Å². The van der Waals surface area contributed by atoms with Gasteiger partial charge in [-0.2, -0.15) is 0 Å². The molecule has 0 bridgehead atoms. The second-order valence-corrected chi connectivity index (χ2v) is 8.39. The highest BCUT2D eigenvalue weighted by molar-refractivity contribution is 7.55. The van der Waals surface area contributed by atoms with Crippen molar-refractivity contribution in [1.29, 1.82) is 0 Å². The van der Waals surface area contributed by atoms with Crippen LogP contribution in [0.2, 0.25) is 0 Å². The minimum absolute atomic E-state index is 0.0695.